The third-order valence-corrected chi connectivity index (χ3v) is 4.24. The lowest BCUT2D eigenvalue weighted by Gasteiger charge is -2.09. The van der Waals surface area contributed by atoms with E-state index in [1.807, 2.05) is 31.4 Å². The zero-order valence-corrected chi connectivity index (χ0v) is 13.3. The highest BCUT2D eigenvalue weighted by atomic mass is 32.1. The van der Waals surface area contributed by atoms with Crippen LogP contribution in [-0.2, 0) is 6.54 Å². The van der Waals surface area contributed by atoms with Gasteiger partial charge < -0.3 is 9.88 Å². The van der Waals surface area contributed by atoms with Crippen LogP contribution in [0.2, 0.25) is 0 Å². The third-order valence-electron chi connectivity index (χ3n) is 3.47. The molecule has 1 N–H and O–H groups in total. The lowest BCUT2D eigenvalue weighted by Crippen LogP contribution is -2.22. The summed E-state index contributed by atoms with van der Waals surface area (Å²) < 4.78 is 1.77. The molecule has 108 valence electrons. The monoisotopic (exact) mass is 291 g/mol. The van der Waals surface area contributed by atoms with Crippen molar-refractivity contribution in [3.05, 3.63) is 33.6 Å². The number of thiazole rings is 1. The Kier molecular flexibility index (Phi) is 4.60. The Morgan fingerprint density at radius 2 is 2.15 bits per heavy atom. The van der Waals surface area contributed by atoms with Crippen LogP contribution in [-0.4, -0.2) is 15.6 Å². The molecule has 0 aliphatic carbocycles. The quantitative estimate of drug-likeness (QED) is 0.917. The van der Waals surface area contributed by atoms with Crippen molar-refractivity contribution in [1.82, 2.24) is 9.55 Å². The number of rotatable bonds is 5. The number of hydrogen-bond acceptors (Lipinski definition) is 4. The van der Waals surface area contributed by atoms with E-state index >= 15 is 0 Å². The second kappa shape index (κ2) is 6.22. The Morgan fingerprint density at radius 3 is 2.80 bits per heavy atom. The van der Waals surface area contributed by atoms with Crippen molar-refractivity contribution < 1.29 is 0 Å². The van der Waals surface area contributed by atoms with E-state index in [4.69, 9.17) is 0 Å². The second-order valence-corrected chi connectivity index (χ2v) is 5.79. The number of anilines is 1. The zero-order valence-electron chi connectivity index (χ0n) is 12.4. The molecule has 0 spiro atoms. The predicted molar refractivity (Wildman–Crippen MR) is 85.6 cm³/mol. The molecule has 1 unspecified atom stereocenters. The van der Waals surface area contributed by atoms with Gasteiger partial charge in [-0.15, -0.1) is 11.3 Å². The maximum absolute atomic E-state index is 12.4. The molecular formula is C15H21N3OS. The molecule has 0 aliphatic rings. The maximum Gasteiger partial charge on any atom is 0.260 e. The molecule has 0 aromatic carbocycles. The van der Waals surface area contributed by atoms with Crippen LogP contribution in [0.15, 0.2) is 22.3 Å². The highest BCUT2D eigenvalue weighted by Crippen LogP contribution is 2.23. The fourth-order valence-electron chi connectivity index (χ4n) is 2.04. The molecule has 0 saturated carbocycles. The molecule has 0 radical (unpaired) electrons. The lowest BCUT2D eigenvalue weighted by molar-refractivity contribution is 0.702. The average Bonchev–Trinajstić information content (AvgIpc) is 2.87. The largest absolute Gasteiger partial charge is 0.359 e. The summed E-state index contributed by atoms with van der Waals surface area (Å²) in [6, 6.07) is 4.23. The van der Waals surface area contributed by atoms with E-state index in [2.05, 4.69) is 24.1 Å². The maximum atomic E-state index is 12.4. The van der Waals surface area contributed by atoms with Gasteiger partial charge in [0.1, 0.15) is 0 Å². The molecule has 2 heterocycles. The van der Waals surface area contributed by atoms with Gasteiger partial charge in [0, 0.05) is 23.7 Å². The Morgan fingerprint density at radius 1 is 1.40 bits per heavy atom. The number of aromatic nitrogens is 2. The molecule has 0 bridgehead atoms. The highest BCUT2D eigenvalue weighted by molar-refractivity contribution is 7.14. The van der Waals surface area contributed by atoms with E-state index in [1.54, 1.807) is 15.9 Å². The van der Waals surface area contributed by atoms with E-state index in [0.29, 0.717) is 18.2 Å². The highest BCUT2D eigenvalue weighted by Gasteiger charge is 2.11. The van der Waals surface area contributed by atoms with E-state index < -0.39 is 0 Å². The SMILES string of the molecule is CCC(C)Nc1nc(-c2ccc(C)n(CC)c2=O)cs1. The standard InChI is InChI=1S/C15H21N3OS/c1-5-10(3)16-15-17-13(9-20-15)12-8-7-11(4)18(6-2)14(12)19/h7-10H,5-6H2,1-4H3,(H,16,17). The summed E-state index contributed by atoms with van der Waals surface area (Å²) in [5, 5.41) is 6.15. The molecule has 0 fully saturated rings. The van der Waals surface area contributed by atoms with Crippen molar-refractivity contribution in [3.63, 3.8) is 0 Å². The molecule has 4 nitrogen and oxygen atoms in total. The van der Waals surface area contributed by atoms with Crippen LogP contribution >= 0.6 is 11.3 Å². The van der Waals surface area contributed by atoms with E-state index in [9.17, 15) is 4.79 Å². The average molecular weight is 291 g/mol. The number of aryl methyl sites for hydroxylation is 1. The zero-order chi connectivity index (χ0) is 14.7. The summed E-state index contributed by atoms with van der Waals surface area (Å²) in [6.07, 6.45) is 1.04. The van der Waals surface area contributed by atoms with Crippen molar-refractivity contribution in [2.24, 2.45) is 0 Å². The van der Waals surface area contributed by atoms with Crippen LogP contribution < -0.4 is 10.9 Å². The Labute approximate surface area is 123 Å². The summed E-state index contributed by atoms with van der Waals surface area (Å²) in [4.78, 5) is 16.9. The molecule has 5 heteroatoms. The first-order chi connectivity index (χ1) is 9.56. The minimum Gasteiger partial charge on any atom is -0.359 e. The van der Waals surface area contributed by atoms with Gasteiger partial charge in [0.25, 0.3) is 5.56 Å². The number of hydrogen-bond donors (Lipinski definition) is 1. The van der Waals surface area contributed by atoms with Gasteiger partial charge in [0.05, 0.1) is 11.3 Å². The van der Waals surface area contributed by atoms with E-state index in [0.717, 1.165) is 22.9 Å². The van der Waals surface area contributed by atoms with Crippen LogP contribution in [0, 0.1) is 6.92 Å². The van der Waals surface area contributed by atoms with Gasteiger partial charge in [-0.1, -0.05) is 6.92 Å². The topological polar surface area (TPSA) is 46.9 Å². The van der Waals surface area contributed by atoms with Gasteiger partial charge >= 0.3 is 0 Å². The first-order valence-electron chi connectivity index (χ1n) is 6.99. The summed E-state index contributed by atoms with van der Waals surface area (Å²) in [6.45, 7) is 8.87. The molecule has 2 aromatic heterocycles. The minimum absolute atomic E-state index is 0.0351. The fourth-order valence-corrected chi connectivity index (χ4v) is 2.86. The normalized spacial score (nSPS) is 12.4. The number of nitrogens with zero attached hydrogens (tertiary/aromatic N) is 2. The molecule has 0 amide bonds. The second-order valence-electron chi connectivity index (χ2n) is 4.93. The molecule has 2 rings (SSSR count). The van der Waals surface area contributed by atoms with Gasteiger partial charge in [0.2, 0.25) is 0 Å². The van der Waals surface area contributed by atoms with Crippen molar-refractivity contribution >= 4 is 16.5 Å². The third kappa shape index (κ3) is 2.93. The van der Waals surface area contributed by atoms with Crippen LogP contribution in [0.25, 0.3) is 11.3 Å². The molecule has 0 aliphatic heterocycles. The summed E-state index contributed by atoms with van der Waals surface area (Å²) in [5.74, 6) is 0. The minimum atomic E-state index is 0.0351. The van der Waals surface area contributed by atoms with Crippen LogP contribution in [0.5, 0.6) is 0 Å². The molecule has 2 aromatic rings. The fraction of sp³-hybridized carbons (Fsp3) is 0.467. The van der Waals surface area contributed by atoms with Crippen molar-refractivity contribution in [3.8, 4) is 11.3 Å². The van der Waals surface area contributed by atoms with Gasteiger partial charge in [-0.3, -0.25) is 4.79 Å². The van der Waals surface area contributed by atoms with Crippen LogP contribution in [0.3, 0.4) is 0 Å². The van der Waals surface area contributed by atoms with Gasteiger partial charge in [-0.05, 0) is 39.3 Å². The van der Waals surface area contributed by atoms with Gasteiger partial charge in [-0.25, -0.2) is 4.98 Å². The number of nitrogens with one attached hydrogen (secondary N) is 1. The first-order valence-corrected chi connectivity index (χ1v) is 7.87. The molecule has 20 heavy (non-hydrogen) atoms. The van der Waals surface area contributed by atoms with Crippen molar-refractivity contribution in [2.75, 3.05) is 5.32 Å². The Bertz CT molecular complexity index is 645. The van der Waals surface area contributed by atoms with E-state index in [1.165, 1.54) is 0 Å². The Balaban J connectivity index is 2.36. The van der Waals surface area contributed by atoms with E-state index in [-0.39, 0.29) is 5.56 Å². The Hall–Kier alpha value is -1.62. The molecule has 0 saturated heterocycles. The van der Waals surface area contributed by atoms with Crippen molar-refractivity contribution in [1.29, 1.82) is 0 Å². The summed E-state index contributed by atoms with van der Waals surface area (Å²) in [7, 11) is 0. The molecular weight excluding hydrogens is 270 g/mol. The van der Waals surface area contributed by atoms with Gasteiger partial charge in [0.15, 0.2) is 5.13 Å². The number of pyridine rings is 1. The van der Waals surface area contributed by atoms with Crippen LogP contribution in [0.1, 0.15) is 32.9 Å². The molecule has 1 atom stereocenters. The summed E-state index contributed by atoms with van der Waals surface area (Å²) >= 11 is 1.54. The van der Waals surface area contributed by atoms with Crippen molar-refractivity contribution in [2.45, 2.75) is 46.7 Å². The smallest absolute Gasteiger partial charge is 0.260 e. The van der Waals surface area contributed by atoms with Crippen LogP contribution in [0.4, 0.5) is 5.13 Å². The summed E-state index contributed by atoms with van der Waals surface area (Å²) in [5.41, 5.74) is 2.45. The first kappa shape index (κ1) is 14.8. The lowest BCUT2D eigenvalue weighted by atomic mass is 10.2. The predicted octanol–water partition coefficient (Wildman–Crippen LogP) is 3.51. The van der Waals surface area contributed by atoms with Gasteiger partial charge in [-0.2, -0.15) is 0 Å².